The van der Waals surface area contributed by atoms with Crippen molar-refractivity contribution in [2.75, 3.05) is 51.0 Å². The zero-order valence-electron chi connectivity index (χ0n) is 31.1. The number of hydrogen-bond acceptors (Lipinski definition) is 10. The van der Waals surface area contributed by atoms with Crippen LogP contribution in [0.2, 0.25) is 0 Å². The van der Waals surface area contributed by atoms with Gasteiger partial charge in [-0.3, -0.25) is 33.7 Å². The number of nitrogens with two attached hydrogens (primary N) is 1. The van der Waals surface area contributed by atoms with Crippen LogP contribution in [0.5, 0.6) is 0 Å². The summed E-state index contributed by atoms with van der Waals surface area (Å²) in [4.78, 5) is 93.5. The Kier molecular flexibility index (Phi) is 15.9. The molecular formula is C36H49FN8O9. The van der Waals surface area contributed by atoms with Gasteiger partial charge in [0, 0.05) is 42.9 Å². The Bertz CT molecular complexity index is 1770. The van der Waals surface area contributed by atoms with Crippen LogP contribution in [0.3, 0.4) is 0 Å². The fourth-order valence-corrected chi connectivity index (χ4v) is 5.75. The number of aliphatic hydroxyl groups is 1. The Labute approximate surface area is 312 Å². The normalized spacial score (nSPS) is 14.0. The number of ether oxygens (including phenoxy) is 1. The molecule has 17 nitrogen and oxygen atoms in total. The molecule has 0 saturated heterocycles. The summed E-state index contributed by atoms with van der Waals surface area (Å²) in [7, 11) is 0. The second kappa shape index (κ2) is 20.0. The molecule has 0 radical (unpaired) electrons. The maximum Gasteiger partial charge on any atom is 0.330 e. The SMILES string of the molecule is CCN(CC)CCNC(=O)c1c(C)[nH]c(/C=C2\C(=O)N(COC(=O)C(C)NC(=O)CCCC(=O)N[C@@H](CO)C(=O)NCC(N)=O)c3ccc(F)cc32)c1C. The number of aromatic amines is 1. The topological polar surface area (TPSA) is 245 Å². The molecule has 0 saturated carbocycles. The molecule has 8 N–H and O–H groups in total. The van der Waals surface area contributed by atoms with E-state index in [0.29, 0.717) is 41.3 Å². The number of aliphatic hydroxyl groups excluding tert-OH is 1. The number of benzene rings is 1. The minimum absolute atomic E-state index is 0.0356. The lowest BCUT2D eigenvalue weighted by Gasteiger charge is -2.19. The third kappa shape index (κ3) is 11.4. The third-order valence-electron chi connectivity index (χ3n) is 8.76. The summed E-state index contributed by atoms with van der Waals surface area (Å²) < 4.78 is 19.8. The van der Waals surface area contributed by atoms with E-state index in [1.807, 2.05) is 13.8 Å². The van der Waals surface area contributed by atoms with Crippen molar-refractivity contribution in [1.82, 2.24) is 31.2 Å². The molecule has 1 aliphatic heterocycles. The predicted molar refractivity (Wildman–Crippen MR) is 196 cm³/mol. The minimum atomic E-state index is -1.32. The van der Waals surface area contributed by atoms with Gasteiger partial charge in [0.2, 0.25) is 23.6 Å². The Balaban J connectivity index is 1.59. The average molecular weight is 757 g/mol. The molecule has 2 heterocycles. The fourth-order valence-electron chi connectivity index (χ4n) is 5.75. The lowest BCUT2D eigenvalue weighted by Crippen LogP contribution is -2.50. The zero-order valence-corrected chi connectivity index (χ0v) is 31.1. The first-order valence-electron chi connectivity index (χ1n) is 17.6. The molecule has 1 aliphatic rings. The number of rotatable bonds is 20. The number of nitrogens with zero attached hydrogens (tertiary/aromatic N) is 2. The number of nitrogens with one attached hydrogen (secondary N) is 5. The van der Waals surface area contributed by atoms with E-state index in [9.17, 15) is 43.1 Å². The van der Waals surface area contributed by atoms with Crippen LogP contribution in [-0.4, -0.2) is 115 Å². The monoisotopic (exact) mass is 756 g/mol. The van der Waals surface area contributed by atoms with Crippen molar-refractivity contribution in [3.63, 3.8) is 0 Å². The highest BCUT2D eigenvalue weighted by atomic mass is 19.1. The van der Waals surface area contributed by atoms with Crippen LogP contribution in [0.15, 0.2) is 18.2 Å². The minimum Gasteiger partial charge on any atom is -0.442 e. The van der Waals surface area contributed by atoms with Gasteiger partial charge in [-0.15, -0.1) is 0 Å². The maximum absolute atomic E-state index is 14.4. The molecule has 0 bridgehead atoms. The van der Waals surface area contributed by atoms with Crippen molar-refractivity contribution in [2.24, 2.45) is 5.73 Å². The van der Waals surface area contributed by atoms with Crippen LogP contribution in [0, 0.1) is 19.7 Å². The number of carbonyl (C=O) groups is 7. The number of esters is 1. The number of anilines is 1. The van der Waals surface area contributed by atoms with Gasteiger partial charge in [0.05, 0.1) is 30.0 Å². The lowest BCUT2D eigenvalue weighted by molar-refractivity contribution is -0.147. The summed E-state index contributed by atoms with van der Waals surface area (Å²) in [6, 6.07) is 1.29. The van der Waals surface area contributed by atoms with Crippen LogP contribution in [0.4, 0.5) is 10.1 Å². The number of aromatic nitrogens is 1. The van der Waals surface area contributed by atoms with Crippen LogP contribution in [-0.2, 0) is 33.5 Å². The Hall–Kier alpha value is -5.62. The van der Waals surface area contributed by atoms with Gasteiger partial charge in [-0.05, 0) is 70.1 Å². The van der Waals surface area contributed by atoms with E-state index in [0.717, 1.165) is 18.0 Å². The third-order valence-corrected chi connectivity index (χ3v) is 8.76. The van der Waals surface area contributed by atoms with Crippen molar-refractivity contribution in [2.45, 2.75) is 66.0 Å². The van der Waals surface area contributed by atoms with Gasteiger partial charge in [-0.2, -0.15) is 0 Å². The Morgan fingerprint density at radius 3 is 2.35 bits per heavy atom. The first-order chi connectivity index (χ1) is 25.6. The van der Waals surface area contributed by atoms with E-state index in [1.54, 1.807) is 13.8 Å². The molecule has 2 aromatic rings. The van der Waals surface area contributed by atoms with E-state index in [1.165, 1.54) is 31.2 Å². The van der Waals surface area contributed by atoms with Gasteiger partial charge in [0.25, 0.3) is 11.8 Å². The largest absolute Gasteiger partial charge is 0.442 e. The summed E-state index contributed by atoms with van der Waals surface area (Å²) in [6.07, 6.45) is 1.21. The smallest absolute Gasteiger partial charge is 0.330 e. The molecule has 0 fully saturated rings. The highest BCUT2D eigenvalue weighted by Gasteiger charge is 2.34. The number of primary amides is 1. The van der Waals surface area contributed by atoms with Gasteiger partial charge in [-0.1, -0.05) is 13.8 Å². The number of aryl methyl sites for hydroxylation is 1. The number of likely N-dealkylation sites (N-methyl/N-ethyl adjacent to an activating group) is 1. The first-order valence-corrected chi connectivity index (χ1v) is 17.6. The molecule has 1 aromatic carbocycles. The summed E-state index contributed by atoms with van der Waals surface area (Å²) in [5, 5.41) is 19.2. The van der Waals surface area contributed by atoms with Crippen LogP contribution in [0.25, 0.3) is 11.6 Å². The summed E-state index contributed by atoms with van der Waals surface area (Å²) in [5.74, 6) is -5.13. The average Bonchev–Trinajstić information content (AvgIpc) is 3.55. The van der Waals surface area contributed by atoms with Crippen LogP contribution < -0.4 is 31.9 Å². The van der Waals surface area contributed by atoms with E-state index < -0.39 is 73.3 Å². The van der Waals surface area contributed by atoms with Crippen molar-refractivity contribution in [1.29, 1.82) is 0 Å². The van der Waals surface area contributed by atoms with Crippen molar-refractivity contribution < 1.29 is 47.8 Å². The number of amides is 6. The van der Waals surface area contributed by atoms with Crippen molar-refractivity contribution >= 4 is 58.7 Å². The van der Waals surface area contributed by atoms with E-state index in [4.69, 9.17) is 10.5 Å². The molecule has 0 aliphatic carbocycles. The second-order valence-corrected chi connectivity index (χ2v) is 12.6. The lowest BCUT2D eigenvalue weighted by atomic mass is 10.0. The second-order valence-electron chi connectivity index (χ2n) is 12.6. The van der Waals surface area contributed by atoms with E-state index in [2.05, 4.69) is 31.2 Å². The molecule has 1 unspecified atom stereocenters. The van der Waals surface area contributed by atoms with Crippen LogP contribution >= 0.6 is 0 Å². The van der Waals surface area contributed by atoms with E-state index >= 15 is 0 Å². The Morgan fingerprint density at radius 2 is 1.72 bits per heavy atom. The molecule has 54 heavy (non-hydrogen) atoms. The molecule has 0 spiro atoms. The predicted octanol–water partition coefficient (Wildman–Crippen LogP) is -0.0163. The van der Waals surface area contributed by atoms with Crippen molar-refractivity contribution in [3.8, 4) is 0 Å². The zero-order chi connectivity index (χ0) is 40.1. The van der Waals surface area contributed by atoms with Gasteiger partial charge in [0.15, 0.2) is 6.73 Å². The molecule has 6 amide bonds. The number of halogens is 1. The highest BCUT2D eigenvalue weighted by Crippen LogP contribution is 2.38. The molecular weight excluding hydrogens is 707 g/mol. The van der Waals surface area contributed by atoms with Gasteiger partial charge in [0.1, 0.15) is 17.9 Å². The number of hydrogen-bond donors (Lipinski definition) is 7. The molecule has 1 aromatic heterocycles. The molecule has 2 atom stereocenters. The first kappa shape index (κ1) is 42.8. The van der Waals surface area contributed by atoms with Crippen LogP contribution in [0.1, 0.15) is 72.9 Å². The van der Waals surface area contributed by atoms with Gasteiger partial charge in [-0.25, -0.2) is 9.18 Å². The molecule has 18 heteroatoms. The highest BCUT2D eigenvalue weighted by molar-refractivity contribution is 6.35. The molecule has 3 rings (SSSR count). The Morgan fingerprint density at radius 1 is 1.06 bits per heavy atom. The van der Waals surface area contributed by atoms with E-state index in [-0.39, 0.29) is 36.3 Å². The van der Waals surface area contributed by atoms with Gasteiger partial charge < -0.3 is 46.7 Å². The quantitative estimate of drug-likeness (QED) is 0.0703. The summed E-state index contributed by atoms with van der Waals surface area (Å²) >= 11 is 0. The fraction of sp³-hybridized carbons (Fsp3) is 0.472. The molecule has 294 valence electrons. The van der Waals surface area contributed by atoms with Crippen molar-refractivity contribution in [3.05, 3.63) is 52.1 Å². The maximum atomic E-state index is 14.4. The standard InChI is InChI=1S/C36H49FN8O9/c1-6-44(7-2)14-13-39-34(51)32-20(3)26(41-21(32)4)16-25-24-15-23(37)11-12-28(24)45(35(25)52)19-54-36(53)22(5)42-30(48)9-8-10-31(49)43-27(18-46)33(50)40-17-29(38)47/h11-12,15-16,22,27,41,46H,6-10,13-14,17-19H2,1-5H3,(H2,38,47)(H,39,51)(H,40,50)(H,42,48)(H,43,49)/b25-16-/t22?,27-/m0/s1. The number of carbonyl (C=O) groups excluding carboxylic acids is 7. The summed E-state index contributed by atoms with van der Waals surface area (Å²) in [6.45, 7) is 10.1. The number of fused-ring (bicyclic) bond motifs is 1. The summed E-state index contributed by atoms with van der Waals surface area (Å²) in [5.41, 5.74) is 7.72. The van der Waals surface area contributed by atoms with Gasteiger partial charge >= 0.3 is 5.97 Å². The number of H-pyrrole nitrogens is 1.